The van der Waals surface area contributed by atoms with Crippen LogP contribution in [0.3, 0.4) is 0 Å². The number of likely N-dealkylation sites (tertiary alicyclic amines) is 1. The van der Waals surface area contributed by atoms with Crippen molar-refractivity contribution in [1.82, 2.24) is 14.6 Å². The Morgan fingerprint density at radius 2 is 2.16 bits per heavy atom. The lowest BCUT2D eigenvalue weighted by molar-refractivity contribution is 0.161. The minimum Gasteiger partial charge on any atom is -0.480 e. The normalized spacial score (nSPS) is 18.2. The number of halogens is 1. The third kappa shape index (κ3) is 3.90. The molecule has 1 aromatic rings. The quantitative estimate of drug-likeness (QED) is 0.888. The van der Waals surface area contributed by atoms with E-state index in [2.05, 4.69) is 44.4 Å². The third-order valence-electron chi connectivity index (χ3n) is 3.68. The maximum atomic E-state index is 5.18. The Morgan fingerprint density at radius 3 is 2.68 bits per heavy atom. The van der Waals surface area contributed by atoms with Crippen LogP contribution in [0.4, 0.5) is 0 Å². The van der Waals surface area contributed by atoms with Gasteiger partial charge in [-0.2, -0.15) is 4.37 Å². The largest absolute Gasteiger partial charge is 0.480 e. The third-order valence-corrected chi connectivity index (χ3v) is 5.58. The standard InChI is InChI=1S/C13H22BrN3OS/c1-9(2)17-6-4-10(5-7-17)15-8-11-12(14)13(18-3)16-19-11/h9-10,15H,4-8H2,1-3H3. The minimum absolute atomic E-state index is 0.620. The fourth-order valence-electron chi connectivity index (χ4n) is 2.39. The summed E-state index contributed by atoms with van der Waals surface area (Å²) in [6.07, 6.45) is 2.46. The molecule has 108 valence electrons. The lowest BCUT2D eigenvalue weighted by Crippen LogP contribution is -2.44. The number of nitrogens with zero attached hydrogens (tertiary/aromatic N) is 2. The zero-order valence-corrected chi connectivity index (χ0v) is 14.2. The fraction of sp³-hybridized carbons (Fsp3) is 0.769. The van der Waals surface area contributed by atoms with Gasteiger partial charge in [-0.1, -0.05) is 0 Å². The molecule has 1 aromatic heterocycles. The van der Waals surface area contributed by atoms with E-state index in [0.717, 1.165) is 11.0 Å². The Bertz CT molecular complexity index is 403. The highest BCUT2D eigenvalue weighted by Crippen LogP contribution is 2.31. The highest BCUT2D eigenvalue weighted by Gasteiger charge is 2.21. The first-order valence-electron chi connectivity index (χ1n) is 6.77. The van der Waals surface area contributed by atoms with Gasteiger partial charge >= 0.3 is 0 Å². The molecule has 1 aliphatic rings. The Hall–Kier alpha value is -0.170. The smallest absolute Gasteiger partial charge is 0.239 e. The first kappa shape index (κ1) is 15.2. The van der Waals surface area contributed by atoms with E-state index in [9.17, 15) is 0 Å². The number of hydrogen-bond donors (Lipinski definition) is 1. The van der Waals surface area contributed by atoms with Crippen molar-refractivity contribution in [3.05, 3.63) is 9.35 Å². The van der Waals surface area contributed by atoms with Crippen molar-refractivity contribution in [2.75, 3.05) is 20.2 Å². The number of rotatable bonds is 5. The summed E-state index contributed by atoms with van der Waals surface area (Å²) in [5, 5.41) is 3.63. The van der Waals surface area contributed by atoms with Gasteiger partial charge in [0.15, 0.2) is 0 Å². The van der Waals surface area contributed by atoms with E-state index in [4.69, 9.17) is 4.74 Å². The van der Waals surface area contributed by atoms with E-state index in [1.165, 1.54) is 42.3 Å². The van der Waals surface area contributed by atoms with Crippen LogP contribution in [0.15, 0.2) is 4.47 Å². The lowest BCUT2D eigenvalue weighted by atomic mass is 10.0. The molecule has 2 heterocycles. The summed E-state index contributed by atoms with van der Waals surface area (Å²) >= 11 is 5.04. The van der Waals surface area contributed by atoms with Crippen LogP contribution >= 0.6 is 27.5 Å². The van der Waals surface area contributed by atoms with Gasteiger partial charge in [-0.05, 0) is 67.2 Å². The van der Waals surface area contributed by atoms with Gasteiger partial charge in [-0.15, -0.1) is 0 Å². The summed E-state index contributed by atoms with van der Waals surface area (Å²) in [6, 6.07) is 1.29. The maximum absolute atomic E-state index is 5.18. The van der Waals surface area contributed by atoms with E-state index in [0.29, 0.717) is 18.0 Å². The molecule has 0 unspecified atom stereocenters. The Labute approximate surface area is 127 Å². The monoisotopic (exact) mass is 347 g/mol. The van der Waals surface area contributed by atoms with Crippen LogP contribution in [0, 0.1) is 0 Å². The van der Waals surface area contributed by atoms with Gasteiger partial charge < -0.3 is 15.0 Å². The molecule has 1 fully saturated rings. The predicted octanol–water partition coefficient (Wildman–Crippen LogP) is 2.88. The van der Waals surface area contributed by atoms with Crippen LogP contribution in [0.25, 0.3) is 0 Å². The highest BCUT2D eigenvalue weighted by molar-refractivity contribution is 9.10. The number of nitrogens with one attached hydrogen (secondary N) is 1. The van der Waals surface area contributed by atoms with Crippen LogP contribution in [-0.4, -0.2) is 41.6 Å². The molecular weight excluding hydrogens is 326 g/mol. The van der Waals surface area contributed by atoms with Crippen molar-refractivity contribution in [2.24, 2.45) is 0 Å². The average molecular weight is 348 g/mol. The van der Waals surface area contributed by atoms with Gasteiger partial charge in [-0.3, -0.25) is 0 Å². The Balaban J connectivity index is 1.79. The van der Waals surface area contributed by atoms with E-state index in [1.54, 1.807) is 7.11 Å². The van der Waals surface area contributed by atoms with Crippen molar-refractivity contribution in [3.63, 3.8) is 0 Å². The van der Waals surface area contributed by atoms with E-state index >= 15 is 0 Å². The molecule has 1 aliphatic heterocycles. The second-order valence-corrected chi connectivity index (χ2v) is 6.86. The second-order valence-electron chi connectivity index (χ2n) is 5.21. The fourth-order valence-corrected chi connectivity index (χ4v) is 3.79. The van der Waals surface area contributed by atoms with Crippen molar-refractivity contribution in [3.8, 4) is 5.88 Å². The molecular formula is C13H22BrN3OS. The SMILES string of the molecule is COc1nsc(CNC2CCN(C(C)C)CC2)c1Br. The molecule has 0 aromatic carbocycles. The summed E-state index contributed by atoms with van der Waals surface area (Å²) in [5.41, 5.74) is 0. The topological polar surface area (TPSA) is 37.4 Å². The summed E-state index contributed by atoms with van der Waals surface area (Å²) in [6.45, 7) is 7.81. The molecule has 1 N–H and O–H groups in total. The number of aromatic nitrogens is 1. The molecule has 2 rings (SSSR count). The van der Waals surface area contributed by atoms with Crippen LogP contribution in [-0.2, 0) is 6.54 Å². The molecule has 4 nitrogen and oxygen atoms in total. The second kappa shape index (κ2) is 7.02. The molecule has 0 spiro atoms. The van der Waals surface area contributed by atoms with Gasteiger partial charge in [-0.25, -0.2) is 0 Å². The molecule has 0 amide bonds. The Kier molecular flexibility index (Phi) is 5.62. The predicted molar refractivity (Wildman–Crippen MR) is 82.9 cm³/mol. The molecule has 1 saturated heterocycles. The van der Waals surface area contributed by atoms with Crippen molar-refractivity contribution in [1.29, 1.82) is 0 Å². The molecule has 6 heteroatoms. The molecule has 0 radical (unpaired) electrons. The Morgan fingerprint density at radius 1 is 1.47 bits per heavy atom. The van der Waals surface area contributed by atoms with E-state index < -0.39 is 0 Å². The molecule has 0 aliphatic carbocycles. The molecule has 0 saturated carbocycles. The molecule has 0 atom stereocenters. The lowest BCUT2D eigenvalue weighted by Gasteiger charge is -2.34. The van der Waals surface area contributed by atoms with Crippen LogP contribution in [0.2, 0.25) is 0 Å². The van der Waals surface area contributed by atoms with Crippen molar-refractivity contribution in [2.45, 2.75) is 45.3 Å². The summed E-state index contributed by atoms with van der Waals surface area (Å²) < 4.78 is 10.4. The van der Waals surface area contributed by atoms with Gasteiger partial charge in [0.25, 0.3) is 0 Å². The van der Waals surface area contributed by atoms with E-state index in [1.807, 2.05) is 0 Å². The highest BCUT2D eigenvalue weighted by atomic mass is 79.9. The molecule has 19 heavy (non-hydrogen) atoms. The van der Waals surface area contributed by atoms with Crippen LogP contribution < -0.4 is 10.1 Å². The van der Waals surface area contributed by atoms with Gasteiger partial charge in [0.2, 0.25) is 5.88 Å². The first-order chi connectivity index (χ1) is 9.11. The van der Waals surface area contributed by atoms with Crippen molar-refractivity contribution < 1.29 is 4.74 Å². The van der Waals surface area contributed by atoms with Gasteiger partial charge in [0.05, 0.1) is 16.5 Å². The first-order valence-corrected chi connectivity index (χ1v) is 8.34. The van der Waals surface area contributed by atoms with Crippen LogP contribution in [0.5, 0.6) is 5.88 Å². The van der Waals surface area contributed by atoms with E-state index in [-0.39, 0.29) is 0 Å². The summed E-state index contributed by atoms with van der Waals surface area (Å²) in [7, 11) is 1.65. The minimum atomic E-state index is 0.620. The number of hydrogen-bond acceptors (Lipinski definition) is 5. The number of methoxy groups -OCH3 is 1. The van der Waals surface area contributed by atoms with Gasteiger partial charge in [0, 0.05) is 18.6 Å². The zero-order valence-electron chi connectivity index (χ0n) is 11.8. The average Bonchev–Trinajstić information content (AvgIpc) is 2.77. The van der Waals surface area contributed by atoms with Crippen LogP contribution in [0.1, 0.15) is 31.6 Å². The van der Waals surface area contributed by atoms with Gasteiger partial charge in [0.1, 0.15) is 0 Å². The van der Waals surface area contributed by atoms with Crippen molar-refractivity contribution >= 4 is 27.5 Å². The summed E-state index contributed by atoms with van der Waals surface area (Å²) in [5.74, 6) is 0.691. The number of ether oxygens (including phenoxy) is 1. The zero-order chi connectivity index (χ0) is 13.8. The summed E-state index contributed by atoms with van der Waals surface area (Å²) in [4.78, 5) is 3.76. The number of piperidine rings is 1. The maximum Gasteiger partial charge on any atom is 0.239 e. The molecule has 0 bridgehead atoms.